The van der Waals surface area contributed by atoms with Crippen LogP contribution in [0.2, 0.25) is 0 Å². The van der Waals surface area contributed by atoms with E-state index in [-0.39, 0.29) is 0 Å². The first-order valence-corrected chi connectivity index (χ1v) is 8.95. The zero-order valence-electron chi connectivity index (χ0n) is 13.4. The highest BCUT2D eigenvalue weighted by Crippen LogP contribution is 2.30. The van der Waals surface area contributed by atoms with Gasteiger partial charge in [0.2, 0.25) is 5.88 Å². The topological polar surface area (TPSA) is 33.3 Å². The molecule has 0 unspecified atom stereocenters. The van der Waals surface area contributed by atoms with Crippen molar-refractivity contribution in [3.8, 4) is 5.88 Å². The number of fused-ring (bicyclic) bond motifs is 2. The summed E-state index contributed by atoms with van der Waals surface area (Å²) >= 11 is 5.64. The van der Waals surface area contributed by atoms with Gasteiger partial charge in [-0.25, -0.2) is 0 Å². The summed E-state index contributed by atoms with van der Waals surface area (Å²) in [7, 11) is 0. The van der Waals surface area contributed by atoms with E-state index >= 15 is 0 Å². The molecule has 1 N–H and O–H groups in total. The SMILES string of the molecule is Oc1c2n(c(=S)n1CCN1CCCCC1)Cc1ccccc1C2. The second-order valence-corrected chi connectivity index (χ2v) is 7.00. The molecule has 0 saturated carbocycles. The van der Waals surface area contributed by atoms with Gasteiger partial charge in [0.05, 0.1) is 12.2 Å². The van der Waals surface area contributed by atoms with E-state index in [4.69, 9.17) is 12.2 Å². The lowest BCUT2D eigenvalue weighted by atomic mass is 9.99. The number of hydrogen-bond donors (Lipinski definition) is 1. The molecule has 2 aliphatic rings. The van der Waals surface area contributed by atoms with Crippen molar-refractivity contribution in [2.75, 3.05) is 19.6 Å². The lowest BCUT2D eigenvalue weighted by Gasteiger charge is -2.26. The number of aromatic hydroxyl groups is 1. The van der Waals surface area contributed by atoms with E-state index in [1.165, 1.54) is 43.5 Å². The number of imidazole rings is 1. The monoisotopic (exact) mass is 329 g/mol. The van der Waals surface area contributed by atoms with Gasteiger partial charge < -0.3 is 14.6 Å². The second-order valence-electron chi connectivity index (χ2n) is 6.64. The molecule has 122 valence electrons. The fraction of sp³-hybridized carbons (Fsp3) is 0.500. The van der Waals surface area contributed by atoms with Crippen molar-refractivity contribution >= 4 is 12.2 Å². The molecule has 1 aromatic heterocycles. The summed E-state index contributed by atoms with van der Waals surface area (Å²) in [5.74, 6) is 0.363. The van der Waals surface area contributed by atoms with E-state index < -0.39 is 0 Å². The lowest BCUT2D eigenvalue weighted by molar-refractivity contribution is 0.217. The molecule has 0 aliphatic carbocycles. The molecule has 0 atom stereocenters. The molecule has 1 fully saturated rings. The number of nitrogens with zero attached hydrogens (tertiary/aromatic N) is 3. The van der Waals surface area contributed by atoms with Gasteiger partial charge in [-0.15, -0.1) is 0 Å². The Hall–Kier alpha value is -1.59. The molecule has 2 aromatic rings. The highest BCUT2D eigenvalue weighted by Gasteiger charge is 2.23. The van der Waals surface area contributed by atoms with Crippen LogP contribution in [0.3, 0.4) is 0 Å². The quantitative estimate of drug-likeness (QED) is 0.749. The second kappa shape index (κ2) is 6.13. The molecular formula is C18H23N3OS. The van der Waals surface area contributed by atoms with E-state index in [0.29, 0.717) is 5.88 Å². The van der Waals surface area contributed by atoms with Crippen molar-refractivity contribution in [2.45, 2.75) is 38.8 Å². The Labute approximate surface area is 142 Å². The van der Waals surface area contributed by atoms with Crippen molar-refractivity contribution < 1.29 is 5.11 Å². The van der Waals surface area contributed by atoms with Gasteiger partial charge in [0.15, 0.2) is 4.77 Å². The maximum Gasteiger partial charge on any atom is 0.213 e. The maximum absolute atomic E-state index is 10.7. The molecule has 1 saturated heterocycles. The molecule has 0 amide bonds. The third-order valence-corrected chi connectivity index (χ3v) is 5.64. The van der Waals surface area contributed by atoms with Gasteiger partial charge in [0.1, 0.15) is 0 Å². The van der Waals surface area contributed by atoms with Crippen LogP contribution in [0, 0.1) is 4.77 Å². The molecule has 0 spiro atoms. The number of piperidine rings is 1. The first-order valence-electron chi connectivity index (χ1n) is 8.54. The molecule has 4 nitrogen and oxygen atoms in total. The fourth-order valence-electron chi connectivity index (χ4n) is 3.83. The normalized spacial score (nSPS) is 17.7. The summed E-state index contributed by atoms with van der Waals surface area (Å²) in [6.07, 6.45) is 4.69. The van der Waals surface area contributed by atoms with E-state index in [2.05, 4.69) is 33.7 Å². The number of rotatable bonds is 3. The van der Waals surface area contributed by atoms with Crippen LogP contribution in [0.5, 0.6) is 5.88 Å². The molecule has 5 heteroatoms. The molecule has 4 rings (SSSR count). The summed E-state index contributed by atoms with van der Waals surface area (Å²) in [6.45, 7) is 4.87. The van der Waals surface area contributed by atoms with Gasteiger partial charge in [-0.1, -0.05) is 30.7 Å². The Balaban J connectivity index is 1.58. The third kappa shape index (κ3) is 2.72. The van der Waals surface area contributed by atoms with Crippen LogP contribution < -0.4 is 0 Å². The standard InChI is InChI=1S/C18H23N3OS/c22-17-16-12-14-6-2-3-7-15(14)13-21(16)18(23)20(17)11-10-19-8-4-1-5-9-19/h2-3,6-7,22H,1,4-5,8-13H2. The van der Waals surface area contributed by atoms with Gasteiger partial charge in [0.25, 0.3) is 0 Å². The number of aromatic nitrogens is 2. The Morgan fingerprint density at radius 2 is 1.74 bits per heavy atom. The molecule has 3 heterocycles. The van der Waals surface area contributed by atoms with Crippen LogP contribution in [0.15, 0.2) is 24.3 Å². The predicted octanol–water partition coefficient (Wildman–Crippen LogP) is 3.16. The molecule has 1 aromatic carbocycles. The fourth-order valence-corrected chi connectivity index (χ4v) is 4.18. The van der Waals surface area contributed by atoms with Crippen molar-refractivity contribution in [2.24, 2.45) is 0 Å². The van der Waals surface area contributed by atoms with Crippen LogP contribution in [-0.2, 0) is 19.5 Å². The molecule has 0 radical (unpaired) electrons. The average molecular weight is 329 g/mol. The summed E-state index contributed by atoms with van der Waals surface area (Å²) in [4.78, 5) is 2.48. The van der Waals surface area contributed by atoms with Gasteiger partial charge in [-0.05, 0) is 49.3 Å². The van der Waals surface area contributed by atoms with Crippen LogP contribution in [0.4, 0.5) is 0 Å². The molecule has 2 aliphatic heterocycles. The highest BCUT2D eigenvalue weighted by atomic mass is 32.1. The molecule has 0 bridgehead atoms. The highest BCUT2D eigenvalue weighted by molar-refractivity contribution is 7.71. The van der Waals surface area contributed by atoms with Crippen molar-refractivity contribution in [1.82, 2.24) is 14.0 Å². The Morgan fingerprint density at radius 3 is 2.52 bits per heavy atom. The van der Waals surface area contributed by atoms with Gasteiger partial charge in [-0.2, -0.15) is 0 Å². The lowest BCUT2D eigenvalue weighted by Crippen LogP contribution is -2.32. The Kier molecular flexibility index (Phi) is 3.99. The predicted molar refractivity (Wildman–Crippen MR) is 93.6 cm³/mol. The number of benzene rings is 1. The van der Waals surface area contributed by atoms with Gasteiger partial charge in [0, 0.05) is 19.5 Å². The minimum absolute atomic E-state index is 0.363. The van der Waals surface area contributed by atoms with Gasteiger partial charge in [-0.3, -0.25) is 4.57 Å². The summed E-state index contributed by atoms with van der Waals surface area (Å²) in [5, 5.41) is 10.7. The third-order valence-electron chi connectivity index (χ3n) is 5.19. The summed E-state index contributed by atoms with van der Waals surface area (Å²) < 4.78 is 4.78. The van der Waals surface area contributed by atoms with Crippen molar-refractivity contribution in [1.29, 1.82) is 0 Å². The van der Waals surface area contributed by atoms with E-state index in [0.717, 1.165) is 36.5 Å². The van der Waals surface area contributed by atoms with Crippen LogP contribution >= 0.6 is 12.2 Å². The number of likely N-dealkylation sites (tertiary alicyclic amines) is 1. The Morgan fingerprint density at radius 1 is 1.00 bits per heavy atom. The van der Waals surface area contributed by atoms with Gasteiger partial charge >= 0.3 is 0 Å². The van der Waals surface area contributed by atoms with E-state index in [9.17, 15) is 5.11 Å². The molecule has 23 heavy (non-hydrogen) atoms. The maximum atomic E-state index is 10.7. The first kappa shape index (κ1) is 15.0. The average Bonchev–Trinajstić information content (AvgIpc) is 2.83. The largest absolute Gasteiger partial charge is 0.493 e. The minimum atomic E-state index is 0.363. The zero-order valence-corrected chi connectivity index (χ0v) is 14.2. The summed E-state index contributed by atoms with van der Waals surface area (Å²) in [5.41, 5.74) is 3.57. The Bertz CT molecular complexity index is 771. The number of hydrogen-bond acceptors (Lipinski definition) is 3. The molecular weight excluding hydrogens is 306 g/mol. The van der Waals surface area contributed by atoms with Crippen LogP contribution in [0.1, 0.15) is 36.1 Å². The smallest absolute Gasteiger partial charge is 0.213 e. The summed E-state index contributed by atoms with van der Waals surface area (Å²) in [6, 6.07) is 8.43. The van der Waals surface area contributed by atoms with Crippen molar-refractivity contribution in [3.05, 3.63) is 45.9 Å². The van der Waals surface area contributed by atoms with E-state index in [1.807, 2.05) is 4.57 Å². The van der Waals surface area contributed by atoms with Crippen LogP contribution in [-0.4, -0.2) is 38.8 Å². The zero-order chi connectivity index (χ0) is 15.8. The van der Waals surface area contributed by atoms with Crippen LogP contribution in [0.25, 0.3) is 0 Å². The van der Waals surface area contributed by atoms with E-state index in [1.54, 1.807) is 0 Å². The first-order chi connectivity index (χ1) is 11.2. The minimum Gasteiger partial charge on any atom is -0.493 e. The van der Waals surface area contributed by atoms with Crippen molar-refractivity contribution in [3.63, 3.8) is 0 Å².